The summed E-state index contributed by atoms with van der Waals surface area (Å²) < 4.78 is 15.9. The molecule has 0 radical (unpaired) electrons. The number of allylic oxidation sites excluding steroid dienone is 1. The Hall–Kier alpha value is -3.75. The molecule has 150 valence electrons. The summed E-state index contributed by atoms with van der Waals surface area (Å²) in [6.45, 7) is 0. The molecule has 3 aromatic rings. The topological polar surface area (TPSA) is 68.5 Å². The van der Waals surface area contributed by atoms with E-state index in [1.165, 1.54) is 0 Å². The Morgan fingerprint density at radius 2 is 1.53 bits per heavy atom. The van der Waals surface area contributed by atoms with E-state index in [1.54, 1.807) is 87.0 Å². The summed E-state index contributed by atoms with van der Waals surface area (Å²) in [5.74, 6) is 1.06. The summed E-state index contributed by atoms with van der Waals surface area (Å²) in [5, 5.41) is 10.1. The molecule has 0 bridgehead atoms. The van der Waals surface area contributed by atoms with Crippen molar-refractivity contribution in [3.8, 4) is 23.3 Å². The first kappa shape index (κ1) is 21.0. The van der Waals surface area contributed by atoms with Gasteiger partial charge in [0.2, 0.25) is 0 Å². The molecule has 0 saturated heterocycles. The van der Waals surface area contributed by atoms with Gasteiger partial charge in [-0.15, -0.1) is 0 Å². The molecule has 5 nitrogen and oxygen atoms in total. The molecule has 0 heterocycles. The summed E-state index contributed by atoms with van der Waals surface area (Å²) in [7, 11) is 3.10. The Bertz CT molecular complexity index is 1110. The van der Waals surface area contributed by atoms with Crippen molar-refractivity contribution in [1.29, 1.82) is 5.26 Å². The van der Waals surface area contributed by atoms with Crippen molar-refractivity contribution in [2.75, 3.05) is 14.2 Å². The van der Waals surface area contributed by atoms with E-state index in [4.69, 9.17) is 25.8 Å². The maximum absolute atomic E-state index is 12.2. The first-order chi connectivity index (χ1) is 14.5. The van der Waals surface area contributed by atoms with E-state index in [-0.39, 0.29) is 0 Å². The highest BCUT2D eigenvalue weighted by molar-refractivity contribution is 6.30. The zero-order valence-corrected chi connectivity index (χ0v) is 17.1. The summed E-state index contributed by atoms with van der Waals surface area (Å²) in [5.41, 5.74) is 2.35. The van der Waals surface area contributed by atoms with Crippen molar-refractivity contribution < 1.29 is 19.0 Å². The van der Waals surface area contributed by atoms with Crippen LogP contribution in [0.5, 0.6) is 17.2 Å². The third-order valence-corrected chi connectivity index (χ3v) is 4.55. The minimum Gasteiger partial charge on any atom is -0.493 e. The molecule has 0 aliphatic carbocycles. The molecule has 0 amide bonds. The Morgan fingerprint density at radius 3 is 2.13 bits per heavy atom. The van der Waals surface area contributed by atoms with Gasteiger partial charge in [-0.3, -0.25) is 0 Å². The van der Waals surface area contributed by atoms with Crippen molar-refractivity contribution >= 4 is 29.2 Å². The number of esters is 1. The van der Waals surface area contributed by atoms with Gasteiger partial charge in [-0.05, 0) is 71.8 Å². The first-order valence-corrected chi connectivity index (χ1v) is 9.34. The van der Waals surface area contributed by atoms with Crippen LogP contribution < -0.4 is 14.2 Å². The van der Waals surface area contributed by atoms with E-state index in [1.807, 2.05) is 0 Å². The van der Waals surface area contributed by atoms with E-state index in [2.05, 4.69) is 6.07 Å². The number of rotatable bonds is 6. The number of hydrogen-bond donors (Lipinski definition) is 0. The van der Waals surface area contributed by atoms with Gasteiger partial charge in [0.25, 0.3) is 0 Å². The zero-order valence-electron chi connectivity index (χ0n) is 16.4. The predicted molar refractivity (Wildman–Crippen MR) is 116 cm³/mol. The average molecular weight is 420 g/mol. The summed E-state index contributed by atoms with van der Waals surface area (Å²) in [4.78, 5) is 12.2. The lowest BCUT2D eigenvalue weighted by Gasteiger charge is -2.09. The van der Waals surface area contributed by atoms with Gasteiger partial charge < -0.3 is 14.2 Å². The van der Waals surface area contributed by atoms with Crippen molar-refractivity contribution in [2.45, 2.75) is 0 Å². The van der Waals surface area contributed by atoms with Gasteiger partial charge in [0.1, 0.15) is 5.75 Å². The normalized spacial score (nSPS) is 10.8. The van der Waals surface area contributed by atoms with Crippen molar-refractivity contribution in [3.05, 3.63) is 88.4 Å². The Balaban J connectivity index is 1.78. The van der Waals surface area contributed by atoms with Crippen molar-refractivity contribution in [3.63, 3.8) is 0 Å². The van der Waals surface area contributed by atoms with E-state index in [0.29, 0.717) is 39.0 Å². The van der Waals surface area contributed by atoms with Gasteiger partial charge in [-0.25, -0.2) is 4.79 Å². The Morgan fingerprint density at radius 1 is 0.900 bits per heavy atom. The molecule has 0 aromatic heterocycles. The molecular weight excluding hydrogens is 402 g/mol. The maximum Gasteiger partial charge on any atom is 0.343 e. The fourth-order valence-corrected chi connectivity index (χ4v) is 2.86. The van der Waals surface area contributed by atoms with Crippen LogP contribution in [-0.2, 0) is 0 Å². The number of ether oxygens (including phenoxy) is 3. The zero-order chi connectivity index (χ0) is 21.5. The largest absolute Gasteiger partial charge is 0.493 e. The molecule has 0 aliphatic heterocycles. The second kappa shape index (κ2) is 9.64. The van der Waals surface area contributed by atoms with Gasteiger partial charge in [-0.1, -0.05) is 23.7 Å². The van der Waals surface area contributed by atoms with Crippen LogP contribution in [0.4, 0.5) is 0 Å². The van der Waals surface area contributed by atoms with Crippen LogP contribution in [-0.4, -0.2) is 20.2 Å². The number of nitrogens with zero attached hydrogens (tertiary/aromatic N) is 1. The Labute approximate surface area is 179 Å². The lowest BCUT2D eigenvalue weighted by atomic mass is 10.0. The number of carbonyl (C=O) groups excluding carboxylic acids is 1. The molecule has 0 aliphatic rings. The van der Waals surface area contributed by atoms with Crippen LogP contribution in [0, 0.1) is 11.3 Å². The van der Waals surface area contributed by atoms with E-state index in [9.17, 15) is 10.1 Å². The second-order valence-electron chi connectivity index (χ2n) is 6.21. The SMILES string of the molecule is COc1ccc(/C(C#N)=C\c2ccc(OC(=O)c3ccc(Cl)cc3)cc2)cc1OC. The minimum absolute atomic E-state index is 0.400. The minimum atomic E-state index is -0.474. The average Bonchev–Trinajstić information content (AvgIpc) is 2.78. The van der Waals surface area contributed by atoms with Crippen LogP contribution in [0.25, 0.3) is 11.6 Å². The van der Waals surface area contributed by atoms with Crippen molar-refractivity contribution in [2.24, 2.45) is 0 Å². The third kappa shape index (κ3) is 4.99. The highest BCUT2D eigenvalue weighted by Gasteiger charge is 2.10. The van der Waals surface area contributed by atoms with Gasteiger partial charge in [0.05, 0.1) is 31.4 Å². The van der Waals surface area contributed by atoms with Gasteiger partial charge in [0.15, 0.2) is 11.5 Å². The molecule has 3 rings (SSSR count). The molecule has 0 atom stereocenters. The number of halogens is 1. The van der Waals surface area contributed by atoms with Crippen molar-refractivity contribution in [1.82, 2.24) is 0 Å². The lowest BCUT2D eigenvalue weighted by molar-refractivity contribution is 0.0735. The fourth-order valence-electron chi connectivity index (χ4n) is 2.73. The first-order valence-electron chi connectivity index (χ1n) is 8.96. The second-order valence-corrected chi connectivity index (χ2v) is 6.64. The molecule has 0 unspecified atom stereocenters. The number of nitriles is 1. The van der Waals surface area contributed by atoms with Crippen LogP contribution >= 0.6 is 11.6 Å². The standard InChI is InChI=1S/C24H18ClNO4/c1-28-22-12-7-18(14-23(22)29-2)19(15-26)13-16-3-10-21(11-4-16)30-24(27)17-5-8-20(25)9-6-17/h3-14H,1-2H3/b19-13-. The smallest absolute Gasteiger partial charge is 0.343 e. The van der Waals surface area contributed by atoms with Gasteiger partial charge >= 0.3 is 5.97 Å². The number of methoxy groups -OCH3 is 2. The molecule has 0 spiro atoms. The highest BCUT2D eigenvalue weighted by atomic mass is 35.5. The van der Waals surface area contributed by atoms with Gasteiger partial charge in [0, 0.05) is 5.02 Å². The van der Waals surface area contributed by atoms with Gasteiger partial charge in [-0.2, -0.15) is 5.26 Å². The number of hydrogen-bond acceptors (Lipinski definition) is 5. The predicted octanol–water partition coefficient (Wildman–Crippen LogP) is 5.64. The van der Waals surface area contributed by atoms with E-state index in [0.717, 1.165) is 5.56 Å². The summed E-state index contributed by atoms with van der Waals surface area (Å²) >= 11 is 5.83. The quantitative estimate of drug-likeness (QED) is 0.224. The Kier molecular flexibility index (Phi) is 6.74. The molecule has 3 aromatic carbocycles. The monoisotopic (exact) mass is 419 g/mol. The summed E-state index contributed by atoms with van der Waals surface area (Å²) in [6.07, 6.45) is 1.74. The number of carbonyl (C=O) groups is 1. The molecule has 0 N–H and O–H groups in total. The van der Waals surface area contributed by atoms with Crippen LogP contribution in [0.15, 0.2) is 66.7 Å². The van der Waals surface area contributed by atoms with Crippen LogP contribution in [0.3, 0.4) is 0 Å². The van der Waals surface area contributed by atoms with E-state index < -0.39 is 5.97 Å². The number of benzene rings is 3. The lowest BCUT2D eigenvalue weighted by Crippen LogP contribution is -2.08. The van der Waals surface area contributed by atoms with Crippen LogP contribution in [0.1, 0.15) is 21.5 Å². The summed E-state index contributed by atoms with van der Waals surface area (Å²) in [6, 6.07) is 20.8. The highest BCUT2D eigenvalue weighted by Crippen LogP contribution is 2.31. The fraction of sp³-hybridized carbons (Fsp3) is 0.0833. The molecule has 6 heteroatoms. The third-order valence-electron chi connectivity index (χ3n) is 4.30. The molecular formula is C24H18ClNO4. The molecule has 0 saturated carbocycles. The molecule has 0 fully saturated rings. The maximum atomic E-state index is 12.2. The van der Waals surface area contributed by atoms with E-state index >= 15 is 0 Å². The molecule has 30 heavy (non-hydrogen) atoms. The van der Waals surface area contributed by atoms with Crippen LogP contribution in [0.2, 0.25) is 5.02 Å².